The highest BCUT2D eigenvalue weighted by atomic mass is 32.2. The van der Waals surface area contributed by atoms with Crippen molar-refractivity contribution < 1.29 is 18.7 Å². The first-order valence-electron chi connectivity index (χ1n) is 5.95. The first-order valence-corrected chi connectivity index (χ1v) is 7.05. The third-order valence-corrected chi connectivity index (χ3v) is 3.09. The minimum atomic E-state index is -2.23. The molecule has 0 saturated carbocycles. The molecule has 106 valence electrons. The van der Waals surface area contributed by atoms with Crippen LogP contribution in [0.2, 0.25) is 0 Å². The normalized spacial score (nSPS) is 11.9. The molecule has 7 heteroatoms. The van der Waals surface area contributed by atoms with E-state index in [-0.39, 0.29) is 5.56 Å². The maximum absolute atomic E-state index is 11.0. The Labute approximate surface area is 114 Å². The zero-order valence-electron chi connectivity index (χ0n) is 10.9. The number of carbonyl (C=O) groups is 1. The zero-order valence-corrected chi connectivity index (χ0v) is 11.7. The number of nitrogens with one attached hydrogen (secondary N) is 2. The fourth-order valence-electron chi connectivity index (χ4n) is 1.62. The molecule has 0 aliphatic carbocycles. The number of rotatable bonds is 7. The second-order valence-corrected chi connectivity index (χ2v) is 4.84. The van der Waals surface area contributed by atoms with Gasteiger partial charge >= 0.3 is 5.97 Å². The molecule has 1 atom stereocenters. The Morgan fingerprint density at radius 1 is 1.37 bits per heavy atom. The van der Waals surface area contributed by atoms with Crippen LogP contribution in [0.4, 0.5) is 11.4 Å². The lowest BCUT2D eigenvalue weighted by Crippen LogP contribution is -2.10. The molecule has 0 radical (unpaired) electrons. The van der Waals surface area contributed by atoms with E-state index in [0.29, 0.717) is 16.9 Å². The summed E-state index contributed by atoms with van der Waals surface area (Å²) >= 11 is -2.23. The van der Waals surface area contributed by atoms with Crippen LogP contribution in [0.1, 0.15) is 35.7 Å². The van der Waals surface area contributed by atoms with Gasteiger partial charge in [-0.05, 0) is 31.0 Å². The minimum Gasteiger partial charge on any atom is -0.478 e. The predicted molar refractivity (Wildman–Crippen MR) is 75.9 cm³/mol. The lowest BCUT2D eigenvalue weighted by Gasteiger charge is -2.14. The molecule has 0 aromatic heterocycles. The molecule has 1 unspecified atom stereocenters. The van der Waals surface area contributed by atoms with Crippen molar-refractivity contribution in [2.45, 2.75) is 26.7 Å². The zero-order chi connectivity index (χ0) is 14.4. The van der Waals surface area contributed by atoms with Gasteiger partial charge in [0.15, 0.2) is 0 Å². The lowest BCUT2D eigenvalue weighted by molar-refractivity contribution is 0.0697. The highest BCUT2D eigenvalue weighted by molar-refractivity contribution is 7.80. The summed E-state index contributed by atoms with van der Waals surface area (Å²) in [5, 5.41) is 12.2. The van der Waals surface area contributed by atoms with Gasteiger partial charge in [0, 0.05) is 12.2 Å². The van der Waals surface area contributed by atoms with Crippen LogP contribution in [0, 0.1) is 6.92 Å². The van der Waals surface area contributed by atoms with E-state index in [4.69, 9.17) is 9.66 Å². The molecule has 1 rings (SSSR count). The third-order valence-electron chi connectivity index (χ3n) is 2.70. The van der Waals surface area contributed by atoms with Gasteiger partial charge < -0.3 is 10.4 Å². The maximum Gasteiger partial charge on any atom is 0.335 e. The monoisotopic (exact) mass is 286 g/mol. The Bertz CT molecular complexity index is 491. The van der Waals surface area contributed by atoms with Crippen molar-refractivity contribution in [1.82, 2.24) is 0 Å². The summed E-state index contributed by atoms with van der Waals surface area (Å²) in [5.74, 6) is -1.08. The molecule has 0 bridgehead atoms. The van der Waals surface area contributed by atoms with Crippen LogP contribution in [-0.2, 0) is 11.3 Å². The summed E-state index contributed by atoms with van der Waals surface area (Å²) in [6, 6.07) is 2.87. The van der Waals surface area contributed by atoms with Gasteiger partial charge in [-0.25, -0.2) is 9.00 Å². The van der Waals surface area contributed by atoms with Crippen LogP contribution in [0.3, 0.4) is 0 Å². The Morgan fingerprint density at radius 2 is 2.00 bits per heavy atom. The second kappa shape index (κ2) is 7.10. The lowest BCUT2D eigenvalue weighted by atomic mass is 10.1. The van der Waals surface area contributed by atoms with Gasteiger partial charge in [0.25, 0.3) is 11.3 Å². The van der Waals surface area contributed by atoms with Gasteiger partial charge in [0.05, 0.1) is 11.3 Å². The van der Waals surface area contributed by atoms with Gasteiger partial charge in [-0.1, -0.05) is 13.3 Å². The van der Waals surface area contributed by atoms with Crippen LogP contribution in [0.5, 0.6) is 0 Å². The molecule has 0 aliphatic rings. The summed E-state index contributed by atoms with van der Waals surface area (Å²) in [7, 11) is 0. The fourth-order valence-corrected chi connectivity index (χ4v) is 2.02. The largest absolute Gasteiger partial charge is 0.478 e. The van der Waals surface area contributed by atoms with Crippen LogP contribution >= 0.6 is 0 Å². The van der Waals surface area contributed by atoms with E-state index in [1.807, 2.05) is 0 Å². The van der Waals surface area contributed by atoms with Gasteiger partial charge in [0.1, 0.15) is 0 Å². The Hall–Kier alpha value is -1.60. The third kappa shape index (κ3) is 4.53. The molecule has 0 amide bonds. The molecule has 19 heavy (non-hydrogen) atoms. The smallest absolute Gasteiger partial charge is 0.335 e. The highest BCUT2D eigenvalue weighted by Crippen LogP contribution is 2.26. The van der Waals surface area contributed by atoms with E-state index in [9.17, 15) is 9.00 Å². The molecule has 0 spiro atoms. The first-order chi connectivity index (χ1) is 8.95. The van der Waals surface area contributed by atoms with Crippen LogP contribution in [-0.4, -0.2) is 26.4 Å². The fraction of sp³-hybridized carbons (Fsp3) is 0.417. The summed E-state index contributed by atoms with van der Waals surface area (Å²) < 4.78 is 22.0. The molecular weight excluding hydrogens is 268 g/mol. The van der Waals surface area contributed by atoms with E-state index in [1.54, 1.807) is 6.92 Å². The first kappa shape index (κ1) is 15.5. The van der Waals surface area contributed by atoms with Crippen molar-refractivity contribution in [2.75, 3.05) is 16.6 Å². The average Bonchev–Trinajstić information content (AvgIpc) is 2.33. The Kier molecular flexibility index (Phi) is 5.78. The van der Waals surface area contributed by atoms with E-state index < -0.39 is 17.2 Å². The van der Waals surface area contributed by atoms with Gasteiger partial charge in [-0.2, -0.15) is 0 Å². The Balaban J connectivity index is 3.09. The van der Waals surface area contributed by atoms with Crippen LogP contribution in [0.15, 0.2) is 12.1 Å². The molecular formula is C12H18N2O4S. The van der Waals surface area contributed by atoms with Gasteiger partial charge in [0.2, 0.25) is 0 Å². The quantitative estimate of drug-likeness (QED) is 0.456. The standard InChI is InChI=1S/C12H18N2O4S/c1-3-4-5-13-10-6-9(12(15)16)7-11(8(10)2)14-19(17)18/h6-7,13-14H,3-5H2,1-2H3,(H,15,16)(H,17,18). The number of hydrogen-bond donors (Lipinski definition) is 4. The van der Waals surface area contributed by atoms with Crippen molar-refractivity contribution in [3.05, 3.63) is 23.3 Å². The summed E-state index contributed by atoms with van der Waals surface area (Å²) in [4.78, 5) is 11.0. The number of hydrogen-bond acceptors (Lipinski definition) is 3. The number of carboxylic acids is 1. The summed E-state index contributed by atoms with van der Waals surface area (Å²) in [6.45, 7) is 4.54. The topological polar surface area (TPSA) is 98.7 Å². The van der Waals surface area contributed by atoms with Crippen molar-refractivity contribution in [1.29, 1.82) is 0 Å². The molecule has 0 saturated heterocycles. The molecule has 0 fully saturated rings. The molecule has 0 heterocycles. The number of carboxylic acid groups (broad SMARTS) is 1. The number of unbranched alkanes of at least 4 members (excludes halogenated alkanes) is 1. The molecule has 1 aromatic carbocycles. The average molecular weight is 286 g/mol. The van der Waals surface area contributed by atoms with Crippen molar-refractivity contribution in [3.63, 3.8) is 0 Å². The van der Waals surface area contributed by atoms with Crippen LogP contribution in [0.25, 0.3) is 0 Å². The molecule has 4 N–H and O–H groups in total. The van der Waals surface area contributed by atoms with Crippen molar-refractivity contribution >= 4 is 28.6 Å². The number of benzene rings is 1. The minimum absolute atomic E-state index is 0.0672. The summed E-state index contributed by atoms with van der Waals surface area (Å²) in [5.41, 5.74) is 1.77. The number of anilines is 2. The molecule has 6 nitrogen and oxygen atoms in total. The van der Waals surface area contributed by atoms with Crippen molar-refractivity contribution in [3.8, 4) is 0 Å². The highest BCUT2D eigenvalue weighted by Gasteiger charge is 2.12. The van der Waals surface area contributed by atoms with E-state index in [1.165, 1.54) is 12.1 Å². The van der Waals surface area contributed by atoms with E-state index >= 15 is 0 Å². The van der Waals surface area contributed by atoms with Gasteiger partial charge in [-0.3, -0.25) is 9.27 Å². The summed E-state index contributed by atoms with van der Waals surface area (Å²) in [6.07, 6.45) is 1.99. The van der Waals surface area contributed by atoms with Crippen LogP contribution < -0.4 is 10.0 Å². The number of aromatic carboxylic acids is 1. The Morgan fingerprint density at radius 3 is 2.53 bits per heavy atom. The SMILES string of the molecule is CCCCNc1cc(C(=O)O)cc(NS(=O)O)c1C. The van der Waals surface area contributed by atoms with E-state index in [0.717, 1.165) is 19.4 Å². The van der Waals surface area contributed by atoms with E-state index in [2.05, 4.69) is 17.0 Å². The van der Waals surface area contributed by atoms with Gasteiger partial charge in [-0.15, -0.1) is 0 Å². The molecule has 1 aromatic rings. The second-order valence-electron chi connectivity index (χ2n) is 4.13. The predicted octanol–water partition coefficient (Wildman–Crippen LogP) is 2.45. The van der Waals surface area contributed by atoms with Crippen molar-refractivity contribution in [2.24, 2.45) is 0 Å². The maximum atomic E-state index is 11.0. The molecule has 0 aliphatic heterocycles.